The predicted molar refractivity (Wildman–Crippen MR) is 104 cm³/mol. The van der Waals surface area contributed by atoms with Crippen molar-refractivity contribution in [3.63, 3.8) is 0 Å². The number of halogens is 1. The van der Waals surface area contributed by atoms with Crippen LogP contribution >= 0.6 is 15.9 Å². The summed E-state index contributed by atoms with van der Waals surface area (Å²) in [5.74, 6) is 1.68. The average Bonchev–Trinajstić information content (AvgIpc) is 3.31. The van der Waals surface area contributed by atoms with Gasteiger partial charge in [0, 0.05) is 35.6 Å². The Morgan fingerprint density at radius 2 is 1.92 bits per heavy atom. The molecule has 2 amide bonds. The Morgan fingerprint density at radius 1 is 1.23 bits per heavy atom. The van der Waals surface area contributed by atoms with Gasteiger partial charge in [0.1, 0.15) is 11.4 Å². The van der Waals surface area contributed by atoms with E-state index < -0.39 is 5.54 Å². The van der Waals surface area contributed by atoms with Crippen LogP contribution in [-0.2, 0) is 9.59 Å². The zero-order valence-corrected chi connectivity index (χ0v) is 16.8. The third-order valence-electron chi connectivity index (χ3n) is 5.48. The zero-order valence-electron chi connectivity index (χ0n) is 15.2. The first-order valence-corrected chi connectivity index (χ1v) is 10.1. The van der Waals surface area contributed by atoms with Crippen molar-refractivity contribution in [2.75, 3.05) is 19.6 Å². The van der Waals surface area contributed by atoms with E-state index in [1.54, 1.807) is 0 Å². The molecule has 2 heterocycles. The van der Waals surface area contributed by atoms with Gasteiger partial charge in [0.25, 0.3) is 5.91 Å². The number of hydrogen-bond donors (Lipinski definition) is 0. The maximum absolute atomic E-state index is 12.9. The van der Waals surface area contributed by atoms with E-state index >= 15 is 0 Å². The number of carbonyl (C=O) groups is 2. The Morgan fingerprint density at radius 3 is 2.58 bits per heavy atom. The van der Waals surface area contributed by atoms with Gasteiger partial charge in [-0.05, 0) is 51.2 Å². The summed E-state index contributed by atoms with van der Waals surface area (Å²) in [5, 5.41) is 0. The van der Waals surface area contributed by atoms with Crippen LogP contribution in [0.25, 0.3) is 0 Å². The van der Waals surface area contributed by atoms with Crippen LogP contribution in [0.5, 0.6) is 0 Å². The average molecular weight is 418 g/mol. The number of aliphatic imine (C=N–C) groups is 1. The molecule has 2 aliphatic heterocycles. The fourth-order valence-electron chi connectivity index (χ4n) is 3.82. The second kappa shape index (κ2) is 6.48. The van der Waals surface area contributed by atoms with E-state index in [2.05, 4.69) is 15.9 Å². The lowest BCUT2D eigenvalue weighted by Gasteiger charge is -2.24. The Balaban J connectivity index is 1.50. The monoisotopic (exact) mass is 417 g/mol. The lowest BCUT2D eigenvalue weighted by Crippen LogP contribution is -2.42. The number of amidine groups is 1. The lowest BCUT2D eigenvalue weighted by atomic mass is 10.0. The summed E-state index contributed by atoms with van der Waals surface area (Å²) in [7, 11) is 0. The molecule has 26 heavy (non-hydrogen) atoms. The van der Waals surface area contributed by atoms with Crippen LogP contribution < -0.4 is 0 Å². The van der Waals surface area contributed by atoms with Gasteiger partial charge < -0.3 is 4.90 Å². The molecule has 1 atom stereocenters. The minimum atomic E-state index is -0.732. The number of carbonyl (C=O) groups excluding carboxylic acids is 2. The van der Waals surface area contributed by atoms with Crippen molar-refractivity contribution in [3.05, 3.63) is 34.3 Å². The van der Waals surface area contributed by atoms with Gasteiger partial charge in [-0.25, -0.2) is 0 Å². The highest BCUT2D eigenvalue weighted by Gasteiger charge is 2.43. The van der Waals surface area contributed by atoms with Crippen LogP contribution in [0.2, 0.25) is 0 Å². The summed E-state index contributed by atoms with van der Waals surface area (Å²) < 4.78 is 1.00. The summed E-state index contributed by atoms with van der Waals surface area (Å²) in [6.45, 7) is 5.94. The normalized spacial score (nSPS) is 25.0. The van der Waals surface area contributed by atoms with Gasteiger partial charge in [-0.2, -0.15) is 0 Å². The van der Waals surface area contributed by atoms with Gasteiger partial charge in [0.2, 0.25) is 5.91 Å². The first kappa shape index (κ1) is 17.7. The first-order chi connectivity index (χ1) is 12.3. The molecule has 138 valence electrons. The smallest absolute Gasteiger partial charge is 0.255 e. The number of nitrogens with zero attached hydrogens (tertiary/aromatic N) is 3. The van der Waals surface area contributed by atoms with Gasteiger partial charge >= 0.3 is 0 Å². The SMILES string of the molecule is CC1(C)N=C(c2ccc(Br)cc2)N(CC2CCN(C(=O)C3CC3)C2)C1=O. The van der Waals surface area contributed by atoms with Crippen LogP contribution in [0.15, 0.2) is 33.7 Å². The Kier molecular flexibility index (Phi) is 4.41. The summed E-state index contributed by atoms with van der Waals surface area (Å²) >= 11 is 3.45. The van der Waals surface area contributed by atoms with Crippen LogP contribution in [0.4, 0.5) is 0 Å². The number of likely N-dealkylation sites (tertiary alicyclic amines) is 1. The van der Waals surface area contributed by atoms with Gasteiger partial charge in [-0.1, -0.05) is 28.1 Å². The predicted octanol–water partition coefficient (Wildman–Crippen LogP) is 3.08. The molecule has 1 saturated carbocycles. The Labute approximate surface area is 162 Å². The van der Waals surface area contributed by atoms with E-state index in [9.17, 15) is 9.59 Å². The highest BCUT2D eigenvalue weighted by atomic mass is 79.9. The second-order valence-electron chi connectivity index (χ2n) is 8.13. The third kappa shape index (κ3) is 3.31. The molecule has 1 aromatic carbocycles. The van der Waals surface area contributed by atoms with E-state index in [4.69, 9.17) is 4.99 Å². The Bertz CT molecular complexity index is 768. The molecule has 1 saturated heterocycles. The van der Waals surface area contributed by atoms with E-state index in [0.717, 1.165) is 48.2 Å². The summed E-state index contributed by atoms with van der Waals surface area (Å²) in [4.78, 5) is 33.8. The van der Waals surface area contributed by atoms with Crippen molar-refractivity contribution >= 4 is 33.6 Å². The molecule has 6 heteroatoms. The standard InChI is InChI=1S/C20H24BrN3O2/c1-20(2)19(26)24(17(22-20)14-5-7-16(21)8-6-14)12-13-9-10-23(11-13)18(25)15-3-4-15/h5-8,13,15H,3-4,9-12H2,1-2H3. The van der Waals surface area contributed by atoms with E-state index in [0.29, 0.717) is 18.4 Å². The molecule has 1 aliphatic carbocycles. The minimum Gasteiger partial charge on any atom is -0.342 e. The first-order valence-electron chi connectivity index (χ1n) is 9.32. The van der Waals surface area contributed by atoms with Crippen LogP contribution in [-0.4, -0.2) is 52.6 Å². The lowest BCUT2D eigenvalue weighted by molar-refractivity contribution is -0.131. The van der Waals surface area contributed by atoms with Crippen molar-refractivity contribution in [3.8, 4) is 0 Å². The molecule has 0 N–H and O–H groups in total. The van der Waals surface area contributed by atoms with Crippen molar-refractivity contribution < 1.29 is 9.59 Å². The van der Waals surface area contributed by atoms with Crippen LogP contribution in [0.1, 0.15) is 38.7 Å². The molecule has 4 rings (SSSR count). The summed E-state index contributed by atoms with van der Waals surface area (Å²) in [6, 6.07) is 7.92. The number of hydrogen-bond acceptors (Lipinski definition) is 3. The van der Waals surface area contributed by atoms with Gasteiger partial charge in [-0.15, -0.1) is 0 Å². The van der Waals surface area contributed by atoms with E-state index in [1.807, 2.05) is 47.9 Å². The van der Waals surface area contributed by atoms with E-state index in [-0.39, 0.29) is 11.8 Å². The second-order valence-corrected chi connectivity index (χ2v) is 9.05. The number of benzene rings is 1. The quantitative estimate of drug-likeness (QED) is 0.755. The van der Waals surface area contributed by atoms with Crippen molar-refractivity contribution in [2.45, 2.75) is 38.6 Å². The maximum atomic E-state index is 12.9. The van der Waals surface area contributed by atoms with Gasteiger partial charge in [-0.3, -0.25) is 19.5 Å². The van der Waals surface area contributed by atoms with Gasteiger partial charge in [0.15, 0.2) is 0 Å². The number of amides is 2. The van der Waals surface area contributed by atoms with Crippen LogP contribution in [0, 0.1) is 11.8 Å². The highest BCUT2D eigenvalue weighted by molar-refractivity contribution is 9.10. The molecule has 0 bridgehead atoms. The maximum Gasteiger partial charge on any atom is 0.255 e. The molecule has 3 aliphatic rings. The fraction of sp³-hybridized carbons (Fsp3) is 0.550. The molecular weight excluding hydrogens is 394 g/mol. The molecule has 0 radical (unpaired) electrons. The molecule has 1 unspecified atom stereocenters. The summed E-state index contributed by atoms with van der Waals surface area (Å²) in [6.07, 6.45) is 3.04. The minimum absolute atomic E-state index is 0.0439. The van der Waals surface area contributed by atoms with Crippen molar-refractivity contribution in [2.24, 2.45) is 16.8 Å². The van der Waals surface area contributed by atoms with Crippen molar-refractivity contribution in [1.29, 1.82) is 0 Å². The van der Waals surface area contributed by atoms with Crippen molar-refractivity contribution in [1.82, 2.24) is 9.80 Å². The zero-order chi connectivity index (χ0) is 18.5. The molecule has 0 spiro atoms. The molecular formula is C20H24BrN3O2. The molecule has 0 aromatic heterocycles. The van der Waals surface area contributed by atoms with Gasteiger partial charge in [0.05, 0.1) is 0 Å². The largest absolute Gasteiger partial charge is 0.342 e. The highest BCUT2D eigenvalue weighted by Crippen LogP contribution is 2.34. The number of rotatable bonds is 4. The van der Waals surface area contributed by atoms with E-state index in [1.165, 1.54) is 0 Å². The third-order valence-corrected chi connectivity index (χ3v) is 6.01. The molecule has 5 nitrogen and oxygen atoms in total. The summed E-state index contributed by atoms with van der Waals surface area (Å²) in [5.41, 5.74) is 0.223. The Hall–Kier alpha value is -1.69. The van der Waals surface area contributed by atoms with Crippen LogP contribution in [0.3, 0.4) is 0 Å². The molecule has 1 aromatic rings. The molecule has 2 fully saturated rings. The fourth-order valence-corrected chi connectivity index (χ4v) is 4.08. The topological polar surface area (TPSA) is 53.0 Å².